The minimum Gasteiger partial charge on any atom is -0.481 e. The Morgan fingerprint density at radius 1 is 1.36 bits per heavy atom. The molecule has 2 aromatic rings. The largest absolute Gasteiger partial charge is 0.481 e. The minimum absolute atomic E-state index is 0.0721. The molecule has 0 radical (unpaired) electrons. The molecule has 0 saturated carbocycles. The summed E-state index contributed by atoms with van der Waals surface area (Å²) in [4.78, 5) is 15.2. The predicted octanol–water partition coefficient (Wildman–Crippen LogP) is 3.35. The Kier molecular flexibility index (Phi) is 5.18. The van der Waals surface area contributed by atoms with Gasteiger partial charge in [0.15, 0.2) is 6.10 Å². The third-order valence-corrected chi connectivity index (χ3v) is 4.38. The summed E-state index contributed by atoms with van der Waals surface area (Å²) in [6.45, 7) is 4.36. The topological polar surface area (TPSA) is 53.3 Å². The molecule has 1 atom stereocenters. The van der Waals surface area contributed by atoms with E-state index in [1.807, 2.05) is 18.4 Å². The average Bonchev–Trinajstić information content (AvgIpc) is 2.92. The molecule has 0 aliphatic heterocycles. The molecular formula is C17H18N2O2S. The van der Waals surface area contributed by atoms with Crippen LogP contribution in [-0.4, -0.2) is 24.0 Å². The molecule has 0 aliphatic carbocycles. The van der Waals surface area contributed by atoms with Gasteiger partial charge in [-0.1, -0.05) is 0 Å². The molecule has 1 aromatic heterocycles. The summed E-state index contributed by atoms with van der Waals surface area (Å²) in [5.41, 5.74) is 1.77. The van der Waals surface area contributed by atoms with Crippen molar-refractivity contribution in [2.45, 2.75) is 26.5 Å². The van der Waals surface area contributed by atoms with E-state index in [9.17, 15) is 4.79 Å². The van der Waals surface area contributed by atoms with Crippen molar-refractivity contribution >= 4 is 17.2 Å². The van der Waals surface area contributed by atoms with Crippen molar-refractivity contribution in [2.24, 2.45) is 0 Å². The van der Waals surface area contributed by atoms with Gasteiger partial charge in [0.05, 0.1) is 18.2 Å². The van der Waals surface area contributed by atoms with E-state index >= 15 is 0 Å². The zero-order valence-electron chi connectivity index (χ0n) is 12.9. The first-order valence-corrected chi connectivity index (χ1v) is 7.84. The van der Waals surface area contributed by atoms with Crippen molar-refractivity contribution in [3.8, 4) is 11.8 Å². The summed E-state index contributed by atoms with van der Waals surface area (Å²) in [5, 5.41) is 10.8. The molecule has 0 spiro atoms. The standard InChI is InChI=1S/C17H18N2O2S/c1-12-8-9-22-16(12)11-19(3)17(20)13(2)21-15-6-4-14(10-18)5-7-15/h4-9,13H,11H2,1-3H3/t13-/m0/s1. The fourth-order valence-electron chi connectivity index (χ4n) is 2.03. The van der Waals surface area contributed by atoms with E-state index in [4.69, 9.17) is 10.00 Å². The molecule has 0 N–H and O–H groups in total. The maximum Gasteiger partial charge on any atom is 0.263 e. The second kappa shape index (κ2) is 7.10. The highest BCUT2D eigenvalue weighted by atomic mass is 32.1. The molecule has 0 aliphatic rings. The SMILES string of the molecule is Cc1ccsc1CN(C)C(=O)[C@H](C)Oc1ccc(C#N)cc1. The molecule has 0 bridgehead atoms. The van der Waals surface area contributed by atoms with Crippen LogP contribution in [-0.2, 0) is 11.3 Å². The predicted molar refractivity (Wildman–Crippen MR) is 86.8 cm³/mol. The maximum atomic E-state index is 12.4. The summed E-state index contributed by atoms with van der Waals surface area (Å²) >= 11 is 1.65. The highest BCUT2D eigenvalue weighted by molar-refractivity contribution is 7.10. The molecule has 4 nitrogen and oxygen atoms in total. The fourth-order valence-corrected chi connectivity index (χ4v) is 2.99. The highest BCUT2D eigenvalue weighted by Crippen LogP contribution is 2.19. The molecule has 22 heavy (non-hydrogen) atoms. The van der Waals surface area contributed by atoms with E-state index in [0.717, 1.165) is 0 Å². The smallest absolute Gasteiger partial charge is 0.263 e. The number of hydrogen-bond acceptors (Lipinski definition) is 4. The van der Waals surface area contributed by atoms with Crippen LogP contribution in [0.25, 0.3) is 0 Å². The summed E-state index contributed by atoms with van der Waals surface area (Å²) in [7, 11) is 1.78. The third-order valence-electron chi connectivity index (χ3n) is 3.37. The van der Waals surface area contributed by atoms with E-state index in [2.05, 4.69) is 6.07 Å². The van der Waals surface area contributed by atoms with Crippen LogP contribution < -0.4 is 4.74 Å². The minimum atomic E-state index is -0.571. The van der Waals surface area contributed by atoms with Gasteiger partial charge in [0.1, 0.15) is 5.75 Å². The van der Waals surface area contributed by atoms with Crippen LogP contribution in [0, 0.1) is 18.3 Å². The quantitative estimate of drug-likeness (QED) is 0.850. The monoisotopic (exact) mass is 314 g/mol. The van der Waals surface area contributed by atoms with Crippen molar-refractivity contribution in [3.05, 3.63) is 51.7 Å². The number of amides is 1. The fraction of sp³-hybridized carbons (Fsp3) is 0.294. The van der Waals surface area contributed by atoms with Crippen molar-refractivity contribution in [1.82, 2.24) is 4.90 Å². The number of thiophene rings is 1. The van der Waals surface area contributed by atoms with Gasteiger partial charge in [-0.05, 0) is 55.1 Å². The molecule has 114 valence electrons. The molecular weight excluding hydrogens is 296 g/mol. The van der Waals surface area contributed by atoms with Gasteiger partial charge in [0.2, 0.25) is 0 Å². The number of aryl methyl sites for hydroxylation is 1. The maximum absolute atomic E-state index is 12.4. The van der Waals surface area contributed by atoms with Gasteiger partial charge < -0.3 is 9.64 Å². The normalized spacial score (nSPS) is 11.5. The van der Waals surface area contributed by atoms with Gasteiger partial charge in [0.25, 0.3) is 5.91 Å². The number of nitrogens with zero attached hydrogens (tertiary/aromatic N) is 2. The van der Waals surface area contributed by atoms with Gasteiger partial charge in [-0.3, -0.25) is 4.79 Å². The van der Waals surface area contributed by atoms with E-state index in [1.165, 1.54) is 10.4 Å². The Hall–Kier alpha value is -2.32. The Bertz CT molecular complexity index is 685. The number of likely N-dealkylation sites (N-methyl/N-ethyl adjacent to an activating group) is 1. The Morgan fingerprint density at radius 2 is 2.05 bits per heavy atom. The first-order valence-electron chi connectivity index (χ1n) is 6.96. The van der Waals surface area contributed by atoms with E-state index in [-0.39, 0.29) is 5.91 Å². The van der Waals surface area contributed by atoms with Crippen LogP contribution in [0.1, 0.15) is 22.9 Å². The van der Waals surface area contributed by atoms with Crippen molar-refractivity contribution < 1.29 is 9.53 Å². The summed E-state index contributed by atoms with van der Waals surface area (Å²) < 4.78 is 5.65. The molecule has 0 unspecified atom stereocenters. The highest BCUT2D eigenvalue weighted by Gasteiger charge is 2.20. The number of nitriles is 1. The number of hydrogen-bond donors (Lipinski definition) is 0. The van der Waals surface area contributed by atoms with E-state index < -0.39 is 6.10 Å². The lowest BCUT2D eigenvalue weighted by Gasteiger charge is -2.22. The zero-order valence-corrected chi connectivity index (χ0v) is 13.7. The molecule has 1 aromatic carbocycles. The van der Waals surface area contributed by atoms with Crippen LogP contribution in [0.2, 0.25) is 0 Å². The van der Waals surface area contributed by atoms with Gasteiger partial charge in [0, 0.05) is 11.9 Å². The van der Waals surface area contributed by atoms with Crippen LogP contribution in [0.15, 0.2) is 35.7 Å². The first kappa shape index (κ1) is 16.1. The van der Waals surface area contributed by atoms with E-state index in [0.29, 0.717) is 17.9 Å². The number of carbonyl (C=O) groups is 1. The molecule has 0 fully saturated rings. The molecule has 0 saturated heterocycles. The van der Waals surface area contributed by atoms with Gasteiger partial charge in [-0.2, -0.15) is 5.26 Å². The Labute approximate surface area is 134 Å². The molecule has 5 heteroatoms. The van der Waals surface area contributed by atoms with Gasteiger partial charge in [-0.15, -0.1) is 11.3 Å². The van der Waals surface area contributed by atoms with E-state index in [1.54, 1.807) is 54.5 Å². The second-order valence-corrected chi connectivity index (χ2v) is 6.12. The van der Waals surface area contributed by atoms with Crippen molar-refractivity contribution in [2.75, 3.05) is 7.05 Å². The lowest BCUT2D eigenvalue weighted by Crippen LogP contribution is -2.37. The molecule has 1 heterocycles. The van der Waals surface area contributed by atoms with Crippen molar-refractivity contribution in [1.29, 1.82) is 5.26 Å². The summed E-state index contributed by atoms with van der Waals surface area (Å²) in [5.74, 6) is 0.512. The number of rotatable bonds is 5. The van der Waals surface area contributed by atoms with Crippen LogP contribution in [0.5, 0.6) is 5.75 Å². The Balaban J connectivity index is 1.96. The average molecular weight is 314 g/mol. The first-order chi connectivity index (χ1) is 10.5. The lowest BCUT2D eigenvalue weighted by atomic mass is 10.2. The molecule has 1 amide bonds. The summed E-state index contributed by atoms with van der Waals surface area (Å²) in [6, 6.07) is 10.8. The van der Waals surface area contributed by atoms with Crippen LogP contribution in [0.4, 0.5) is 0 Å². The van der Waals surface area contributed by atoms with Crippen LogP contribution >= 0.6 is 11.3 Å². The number of ether oxygens (including phenoxy) is 1. The summed E-state index contributed by atoms with van der Waals surface area (Å²) in [6.07, 6.45) is -0.571. The second-order valence-electron chi connectivity index (χ2n) is 5.12. The zero-order chi connectivity index (χ0) is 16.1. The third kappa shape index (κ3) is 3.86. The number of benzene rings is 1. The Morgan fingerprint density at radius 3 is 2.59 bits per heavy atom. The number of carbonyl (C=O) groups excluding carboxylic acids is 1. The molecule has 2 rings (SSSR count). The lowest BCUT2D eigenvalue weighted by molar-refractivity contribution is -0.137. The van der Waals surface area contributed by atoms with Crippen LogP contribution in [0.3, 0.4) is 0 Å². The van der Waals surface area contributed by atoms with Gasteiger partial charge in [-0.25, -0.2) is 0 Å². The van der Waals surface area contributed by atoms with Crippen molar-refractivity contribution in [3.63, 3.8) is 0 Å². The van der Waals surface area contributed by atoms with Gasteiger partial charge >= 0.3 is 0 Å².